The van der Waals surface area contributed by atoms with Crippen molar-refractivity contribution in [1.29, 1.82) is 0 Å². The van der Waals surface area contributed by atoms with Gasteiger partial charge >= 0.3 is 5.97 Å². The fourth-order valence-electron chi connectivity index (χ4n) is 11.0. The Labute approximate surface area is 393 Å². The number of nitrogens with zero attached hydrogens (tertiary/aromatic N) is 2. The van der Waals surface area contributed by atoms with Crippen LogP contribution in [-0.2, 0) is 27.8 Å². The van der Waals surface area contributed by atoms with E-state index < -0.39 is 11.5 Å². The van der Waals surface area contributed by atoms with Crippen LogP contribution in [0, 0.1) is 11.8 Å². The fraction of sp³-hybridized carbons (Fsp3) is 0.444. The smallest absolute Gasteiger partial charge is 0.329 e. The number of pyridine rings is 2. The van der Waals surface area contributed by atoms with Crippen LogP contribution in [0.1, 0.15) is 118 Å². The van der Waals surface area contributed by atoms with E-state index in [1.807, 2.05) is 73.8 Å². The average Bonchev–Trinajstić information content (AvgIpc) is 3.61. The van der Waals surface area contributed by atoms with Crippen LogP contribution in [0.3, 0.4) is 0 Å². The van der Waals surface area contributed by atoms with Gasteiger partial charge in [-0.15, -0.1) is 0 Å². The van der Waals surface area contributed by atoms with E-state index >= 15 is 0 Å². The van der Waals surface area contributed by atoms with E-state index in [9.17, 15) is 14.7 Å². The van der Waals surface area contributed by atoms with E-state index in [2.05, 4.69) is 46.6 Å². The first kappa shape index (κ1) is 45.4. The van der Waals surface area contributed by atoms with Crippen LogP contribution in [0.4, 0.5) is 5.69 Å². The third kappa shape index (κ3) is 9.68. The maximum absolute atomic E-state index is 13.2. The summed E-state index contributed by atoms with van der Waals surface area (Å²) in [6.45, 7) is 8.51. The number of aromatic nitrogens is 2. The Kier molecular flexibility index (Phi) is 13.4. The van der Waals surface area contributed by atoms with E-state index in [-0.39, 0.29) is 23.3 Å². The van der Waals surface area contributed by atoms with Gasteiger partial charge in [-0.05, 0) is 166 Å². The monoisotopic (exact) mass is 912 g/mol. The van der Waals surface area contributed by atoms with Crippen molar-refractivity contribution in [3.05, 3.63) is 124 Å². The summed E-state index contributed by atoms with van der Waals surface area (Å²) in [6, 6.07) is 27.4. The molecule has 2 aromatic heterocycles. The Morgan fingerprint density at radius 2 is 1.79 bits per heavy atom. The lowest BCUT2D eigenvalue weighted by atomic mass is 9.59. The van der Waals surface area contributed by atoms with Crippen LogP contribution in [0.2, 0.25) is 5.02 Å². The molecule has 1 spiro atoms. The fourth-order valence-corrected chi connectivity index (χ4v) is 11.2. The van der Waals surface area contributed by atoms with Crippen LogP contribution in [-0.4, -0.2) is 58.9 Å². The number of aryl methyl sites for hydroxylation is 1. The Morgan fingerprint density at radius 3 is 2.62 bits per heavy atom. The van der Waals surface area contributed by atoms with Gasteiger partial charge in [0, 0.05) is 40.1 Å². The summed E-state index contributed by atoms with van der Waals surface area (Å²) in [7, 11) is 0. The molecule has 66 heavy (non-hydrogen) atoms. The summed E-state index contributed by atoms with van der Waals surface area (Å²) in [5.41, 5.74) is 7.04. The molecule has 3 aromatic carbocycles. The standard InChI is InChI=1S/C54H61ClN4O7/c1-34(33-66-47-19-24-56-46-13-4-8-35(2)50(46)47)28-40-30-38-15-16-43(32-44(38)53(40)20-22-54(23-21-53,52(61)62)59-42-12-6-11-41(55)31-42)63-25-7-14-49(60)57-36(3)37-9-5-10-39(29-37)45-17-18-48-51(58-45)65-27-26-64-48/h5-6,9-12,15-19,24,29,31-32,34-36,40,59H,4,7-8,13-14,20-23,25-28,30,33H2,1-3H3,(H,57,60)(H,61,62)/t34-,35-,36+,40+,53?,54?/m1/s1. The molecule has 0 saturated heterocycles. The Bertz CT molecular complexity index is 2560. The maximum atomic E-state index is 13.2. The van der Waals surface area contributed by atoms with Crippen LogP contribution in [0.15, 0.2) is 91.1 Å². The van der Waals surface area contributed by atoms with Gasteiger partial charge in [0.05, 0.1) is 24.9 Å². The van der Waals surface area contributed by atoms with Gasteiger partial charge in [-0.2, -0.15) is 0 Å². The lowest BCUT2D eigenvalue weighted by molar-refractivity contribution is -0.144. The summed E-state index contributed by atoms with van der Waals surface area (Å²) in [5.74, 6) is 2.99. The van der Waals surface area contributed by atoms with Crippen molar-refractivity contribution >= 4 is 29.2 Å². The minimum absolute atomic E-state index is 0.0448. The number of hydrogen-bond donors (Lipinski definition) is 3. The third-order valence-electron chi connectivity index (χ3n) is 14.5. The van der Waals surface area contributed by atoms with Crippen molar-refractivity contribution in [2.45, 2.75) is 114 Å². The lowest BCUT2D eigenvalue weighted by Crippen LogP contribution is -2.53. The number of amides is 1. The van der Waals surface area contributed by atoms with Gasteiger partial charge < -0.3 is 34.7 Å². The zero-order valence-electron chi connectivity index (χ0n) is 38.2. The summed E-state index contributed by atoms with van der Waals surface area (Å²) < 4.78 is 24.3. The van der Waals surface area contributed by atoms with Gasteiger partial charge in [0.25, 0.3) is 5.88 Å². The molecular weight excluding hydrogens is 852 g/mol. The van der Waals surface area contributed by atoms with Crippen molar-refractivity contribution in [3.63, 3.8) is 0 Å². The predicted octanol–water partition coefficient (Wildman–Crippen LogP) is 11.1. The topological polar surface area (TPSA) is 141 Å². The van der Waals surface area contributed by atoms with Crippen LogP contribution >= 0.6 is 11.6 Å². The number of halogens is 1. The highest BCUT2D eigenvalue weighted by atomic mass is 35.5. The zero-order valence-corrected chi connectivity index (χ0v) is 39.0. The van der Waals surface area contributed by atoms with E-state index in [0.717, 1.165) is 60.4 Å². The van der Waals surface area contributed by atoms with Crippen molar-refractivity contribution in [2.75, 3.05) is 31.7 Å². The first-order valence-corrected chi connectivity index (χ1v) is 24.2. The number of benzene rings is 3. The molecule has 0 radical (unpaired) electrons. The molecule has 3 N–H and O–H groups in total. The number of nitrogens with one attached hydrogen (secondary N) is 2. The highest BCUT2D eigenvalue weighted by molar-refractivity contribution is 6.30. The van der Waals surface area contributed by atoms with E-state index in [0.29, 0.717) is 99.1 Å². The second-order valence-corrected chi connectivity index (χ2v) is 19.5. The van der Waals surface area contributed by atoms with Crippen LogP contribution in [0.25, 0.3) is 11.3 Å². The molecule has 9 rings (SSSR count). The highest BCUT2D eigenvalue weighted by Crippen LogP contribution is 2.57. The Balaban J connectivity index is 0.853. The number of fused-ring (bicyclic) bond motifs is 4. The summed E-state index contributed by atoms with van der Waals surface area (Å²) >= 11 is 6.33. The van der Waals surface area contributed by atoms with Gasteiger partial charge in [0.1, 0.15) is 30.3 Å². The van der Waals surface area contributed by atoms with E-state index in [4.69, 9.17) is 30.5 Å². The molecule has 4 atom stereocenters. The van der Waals surface area contributed by atoms with Gasteiger partial charge in [0.2, 0.25) is 5.91 Å². The molecule has 0 unspecified atom stereocenters. The molecule has 5 aromatic rings. The van der Waals surface area contributed by atoms with Crippen molar-refractivity contribution < 1.29 is 33.6 Å². The van der Waals surface area contributed by atoms with E-state index in [1.54, 1.807) is 12.1 Å². The second-order valence-electron chi connectivity index (χ2n) is 19.1. The number of rotatable bonds is 16. The first-order valence-electron chi connectivity index (χ1n) is 23.8. The molecule has 1 fully saturated rings. The van der Waals surface area contributed by atoms with Gasteiger partial charge in [-0.1, -0.05) is 55.8 Å². The minimum atomic E-state index is -1.12. The molecule has 12 heteroatoms. The second kappa shape index (κ2) is 19.6. The van der Waals surface area contributed by atoms with Gasteiger partial charge in [-0.3, -0.25) is 9.78 Å². The molecule has 1 amide bonds. The molecule has 1 aliphatic heterocycles. The number of hydrogen-bond acceptors (Lipinski definition) is 9. The summed E-state index contributed by atoms with van der Waals surface area (Å²) in [4.78, 5) is 35.7. The van der Waals surface area contributed by atoms with Gasteiger partial charge in [0.15, 0.2) is 5.75 Å². The number of carboxylic acid groups (broad SMARTS) is 1. The number of carbonyl (C=O) groups excluding carboxylic acids is 1. The lowest BCUT2D eigenvalue weighted by Gasteiger charge is -2.47. The van der Waals surface area contributed by atoms with E-state index in [1.165, 1.54) is 22.4 Å². The van der Waals surface area contributed by atoms with Gasteiger partial charge in [-0.25, -0.2) is 9.78 Å². The SMILES string of the molecule is C[C@@H](COc1ccnc2c1[C@H](C)CCC2)C[C@H]1Cc2ccc(OCCCC(=O)N[C@@H](C)c3cccc(-c4ccc5c(n4)OCCO5)c3)cc2C12CCC(Nc1cccc(Cl)c1)(C(=O)O)CC2. The molecular formula is C54H61ClN4O7. The average molecular weight is 914 g/mol. The first-order chi connectivity index (χ1) is 32.0. The Morgan fingerprint density at radius 1 is 0.955 bits per heavy atom. The zero-order chi connectivity index (χ0) is 45.8. The normalized spacial score (nSPS) is 22.7. The van der Waals surface area contributed by atoms with Crippen LogP contribution in [0.5, 0.6) is 23.1 Å². The number of anilines is 1. The Hall–Kier alpha value is -5.81. The quantitative estimate of drug-likeness (QED) is 0.0819. The highest BCUT2D eigenvalue weighted by Gasteiger charge is 2.54. The molecule has 3 aliphatic carbocycles. The molecule has 3 heterocycles. The molecule has 0 bridgehead atoms. The van der Waals surface area contributed by atoms with Crippen molar-refractivity contribution in [3.8, 4) is 34.4 Å². The number of carbonyl (C=O) groups is 2. The van der Waals surface area contributed by atoms with Crippen LogP contribution < -0.4 is 29.6 Å². The number of ether oxygens (including phenoxy) is 4. The minimum Gasteiger partial charge on any atom is -0.494 e. The predicted molar refractivity (Wildman–Crippen MR) is 256 cm³/mol. The van der Waals surface area contributed by atoms with Crippen molar-refractivity contribution in [1.82, 2.24) is 15.3 Å². The third-order valence-corrected chi connectivity index (χ3v) is 14.8. The largest absolute Gasteiger partial charge is 0.494 e. The molecule has 11 nitrogen and oxygen atoms in total. The summed E-state index contributed by atoms with van der Waals surface area (Å²) in [5, 5.41) is 17.9. The molecule has 346 valence electrons. The van der Waals surface area contributed by atoms with Crippen molar-refractivity contribution in [2.24, 2.45) is 11.8 Å². The molecule has 1 saturated carbocycles. The molecule has 4 aliphatic rings. The summed E-state index contributed by atoms with van der Waals surface area (Å²) in [6.07, 6.45) is 10.3. The maximum Gasteiger partial charge on any atom is 0.329 e. The number of carboxylic acids is 1. The number of aliphatic carboxylic acids is 1.